The minimum absolute atomic E-state index is 0.153. The Morgan fingerprint density at radius 3 is 2.92 bits per heavy atom. The average molecular weight is 184 g/mol. The third kappa shape index (κ3) is 2.57. The van der Waals surface area contributed by atoms with E-state index in [0.29, 0.717) is 0 Å². The second-order valence-corrected chi connectivity index (χ2v) is 3.95. The predicted octanol–water partition coefficient (Wildman–Crippen LogP) is 1.87. The Morgan fingerprint density at radius 1 is 1.67 bits per heavy atom. The molecule has 0 amide bonds. The normalized spacial score (nSPS) is 13.2. The van der Waals surface area contributed by atoms with Crippen LogP contribution in [-0.2, 0) is 6.54 Å². The fourth-order valence-electron chi connectivity index (χ4n) is 1.06. The van der Waals surface area contributed by atoms with Crippen molar-refractivity contribution in [3.05, 3.63) is 24.0 Å². The molecule has 0 aromatic carbocycles. The average Bonchev–Trinajstić information content (AvgIpc) is 2.48. The van der Waals surface area contributed by atoms with Crippen LogP contribution in [0, 0.1) is 0 Å². The van der Waals surface area contributed by atoms with Gasteiger partial charge in [0.05, 0.1) is 0 Å². The van der Waals surface area contributed by atoms with Gasteiger partial charge in [-0.2, -0.15) is 11.8 Å². The van der Waals surface area contributed by atoms with Crippen LogP contribution in [0.3, 0.4) is 0 Å². The van der Waals surface area contributed by atoms with E-state index in [0.717, 1.165) is 12.3 Å². The SMILES string of the molecule is CSCCn1ccc(C(C)N)c1. The molecule has 1 aromatic rings. The molecule has 2 N–H and O–H groups in total. The molecule has 0 bridgehead atoms. The van der Waals surface area contributed by atoms with Crippen molar-refractivity contribution in [2.45, 2.75) is 19.5 Å². The lowest BCUT2D eigenvalue weighted by Crippen LogP contribution is -2.04. The van der Waals surface area contributed by atoms with E-state index in [4.69, 9.17) is 5.73 Å². The number of nitrogens with two attached hydrogens (primary N) is 1. The number of thioether (sulfide) groups is 1. The maximum absolute atomic E-state index is 5.74. The first-order valence-corrected chi connectivity index (χ1v) is 5.53. The Hall–Kier alpha value is -0.410. The molecule has 1 aromatic heterocycles. The molecule has 68 valence electrons. The number of aromatic nitrogens is 1. The molecule has 0 fully saturated rings. The van der Waals surface area contributed by atoms with Crippen molar-refractivity contribution in [1.29, 1.82) is 0 Å². The number of nitrogens with zero attached hydrogens (tertiary/aromatic N) is 1. The molecule has 0 aliphatic rings. The molecule has 0 saturated carbocycles. The van der Waals surface area contributed by atoms with Crippen LogP contribution in [0.5, 0.6) is 0 Å². The number of hydrogen-bond acceptors (Lipinski definition) is 2. The first kappa shape index (κ1) is 9.68. The van der Waals surface area contributed by atoms with Gasteiger partial charge in [-0.1, -0.05) is 0 Å². The van der Waals surface area contributed by atoms with Gasteiger partial charge >= 0.3 is 0 Å². The number of hydrogen-bond donors (Lipinski definition) is 1. The van der Waals surface area contributed by atoms with Crippen LogP contribution in [0.2, 0.25) is 0 Å². The van der Waals surface area contributed by atoms with Crippen molar-refractivity contribution < 1.29 is 0 Å². The highest BCUT2D eigenvalue weighted by Gasteiger charge is 2.00. The molecule has 1 heterocycles. The van der Waals surface area contributed by atoms with Crippen LogP contribution in [0.15, 0.2) is 18.5 Å². The standard InChI is InChI=1S/C9H16N2S/c1-8(10)9-3-4-11(7-9)5-6-12-2/h3-4,7-8H,5-6,10H2,1-2H3. The van der Waals surface area contributed by atoms with Crippen molar-refractivity contribution in [3.63, 3.8) is 0 Å². The predicted molar refractivity (Wildman–Crippen MR) is 55.4 cm³/mol. The smallest absolute Gasteiger partial charge is 0.0310 e. The van der Waals surface area contributed by atoms with E-state index in [2.05, 4.69) is 29.3 Å². The highest BCUT2D eigenvalue weighted by molar-refractivity contribution is 7.98. The van der Waals surface area contributed by atoms with Crippen LogP contribution in [0.1, 0.15) is 18.5 Å². The zero-order valence-corrected chi connectivity index (χ0v) is 8.47. The maximum atomic E-state index is 5.74. The highest BCUT2D eigenvalue weighted by atomic mass is 32.2. The zero-order valence-electron chi connectivity index (χ0n) is 7.66. The molecule has 1 unspecified atom stereocenters. The topological polar surface area (TPSA) is 30.9 Å². The lowest BCUT2D eigenvalue weighted by Gasteiger charge is -2.01. The molecular formula is C9H16N2S. The minimum Gasteiger partial charge on any atom is -0.353 e. The molecule has 0 saturated heterocycles. The van der Waals surface area contributed by atoms with E-state index < -0.39 is 0 Å². The van der Waals surface area contributed by atoms with E-state index in [1.807, 2.05) is 18.7 Å². The van der Waals surface area contributed by atoms with Crippen molar-refractivity contribution in [1.82, 2.24) is 4.57 Å². The van der Waals surface area contributed by atoms with Crippen LogP contribution in [0.25, 0.3) is 0 Å². The summed E-state index contributed by atoms with van der Waals surface area (Å²) in [5.41, 5.74) is 6.96. The molecular weight excluding hydrogens is 168 g/mol. The fraction of sp³-hybridized carbons (Fsp3) is 0.556. The Kier molecular flexibility index (Phi) is 3.69. The van der Waals surface area contributed by atoms with Crippen molar-refractivity contribution in [2.24, 2.45) is 5.73 Å². The third-order valence-corrected chi connectivity index (χ3v) is 2.44. The van der Waals surface area contributed by atoms with E-state index >= 15 is 0 Å². The Morgan fingerprint density at radius 2 is 2.42 bits per heavy atom. The summed E-state index contributed by atoms with van der Waals surface area (Å²) in [5.74, 6) is 1.16. The largest absolute Gasteiger partial charge is 0.353 e. The van der Waals surface area contributed by atoms with E-state index in [1.165, 1.54) is 5.56 Å². The molecule has 0 spiro atoms. The molecule has 12 heavy (non-hydrogen) atoms. The quantitative estimate of drug-likeness (QED) is 0.774. The minimum atomic E-state index is 0.153. The van der Waals surface area contributed by atoms with Gasteiger partial charge in [0, 0.05) is 30.7 Å². The van der Waals surface area contributed by atoms with Gasteiger partial charge < -0.3 is 10.3 Å². The van der Waals surface area contributed by atoms with Gasteiger partial charge in [-0.3, -0.25) is 0 Å². The summed E-state index contributed by atoms with van der Waals surface area (Å²) in [6.07, 6.45) is 6.34. The van der Waals surface area contributed by atoms with Gasteiger partial charge in [0.25, 0.3) is 0 Å². The van der Waals surface area contributed by atoms with Crippen LogP contribution >= 0.6 is 11.8 Å². The van der Waals surface area contributed by atoms with Crippen molar-refractivity contribution >= 4 is 11.8 Å². The molecule has 1 atom stereocenters. The Balaban J connectivity index is 2.52. The number of rotatable bonds is 4. The van der Waals surface area contributed by atoms with Gasteiger partial charge in [0.2, 0.25) is 0 Å². The highest BCUT2D eigenvalue weighted by Crippen LogP contribution is 2.09. The monoisotopic (exact) mass is 184 g/mol. The Bertz CT molecular complexity index is 230. The second-order valence-electron chi connectivity index (χ2n) is 2.96. The van der Waals surface area contributed by atoms with Crippen molar-refractivity contribution in [2.75, 3.05) is 12.0 Å². The molecule has 0 aliphatic carbocycles. The van der Waals surface area contributed by atoms with Gasteiger partial charge in [0.15, 0.2) is 0 Å². The first-order valence-electron chi connectivity index (χ1n) is 4.14. The summed E-state index contributed by atoms with van der Waals surface area (Å²) < 4.78 is 2.19. The van der Waals surface area contributed by atoms with E-state index in [-0.39, 0.29) is 6.04 Å². The lowest BCUT2D eigenvalue weighted by molar-refractivity contribution is 0.760. The van der Waals surface area contributed by atoms with Gasteiger partial charge in [-0.15, -0.1) is 0 Å². The van der Waals surface area contributed by atoms with Gasteiger partial charge in [0.1, 0.15) is 0 Å². The third-order valence-electron chi connectivity index (χ3n) is 1.85. The van der Waals surface area contributed by atoms with Gasteiger partial charge in [-0.25, -0.2) is 0 Å². The molecule has 0 aliphatic heterocycles. The number of aryl methyl sites for hydroxylation is 1. The summed E-state index contributed by atoms with van der Waals surface area (Å²) >= 11 is 1.86. The maximum Gasteiger partial charge on any atom is 0.0310 e. The van der Waals surface area contributed by atoms with Crippen LogP contribution < -0.4 is 5.73 Å². The lowest BCUT2D eigenvalue weighted by atomic mass is 10.2. The summed E-state index contributed by atoms with van der Waals surface area (Å²) in [4.78, 5) is 0. The van der Waals surface area contributed by atoms with Crippen molar-refractivity contribution in [3.8, 4) is 0 Å². The first-order chi connectivity index (χ1) is 5.74. The van der Waals surface area contributed by atoms with E-state index in [9.17, 15) is 0 Å². The Labute approximate surface area is 78.1 Å². The summed E-state index contributed by atoms with van der Waals surface area (Å²) in [6.45, 7) is 3.09. The van der Waals surface area contributed by atoms with Crippen LogP contribution in [0.4, 0.5) is 0 Å². The zero-order chi connectivity index (χ0) is 8.97. The van der Waals surface area contributed by atoms with Gasteiger partial charge in [-0.05, 0) is 24.8 Å². The summed E-state index contributed by atoms with van der Waals surface area (Å²) in [7, 11) is 0. The summed E-state index contributed by atoms with van der Waals surface area (Å²) in [5, 5.41) is 0. The van der Waals surface area contributed by atoms with E-state index in [1.54, 1.807) is 0 Å². The fourth-order valence-corrected chi connectivity index (χ4v) is 1.46. The summed E-state index contributed by atoms with van der Waals surface area (Å²) in [6, 6.07) is 2.24. The molecule has 1 rings (SSSR count). The second kappa shape index (κ2) is 4.58. The van der Waals surface area contributed by atoms with Crippen LogP contribution in [-0.4, -0.2) is 16.6 Å². The molecule has 3 heteroatoms. The molecule has 0 radical (unpaired) electrons. The molecule has 2 nitrogen and oxygen atoms in total.